The molecule has 1 unspecified atom stereocenters. The van der Waals surface area contributed by atoms with Gasteiger partial charge in [-0.05, 0) is 30.2 Å². The summed E-state index contributed by atoms with van der Waals surface area (Å²) in [4.78, 5) is 4.05. The molecule has 1 aromatic heterocycles. The van der Waals surface area contributed by atoms with Crippen molar-refractivity contribution < 1.29 is 4.74 Å². The number of pyridine rings is 1. The highest BCUT2D eigenvalue weighted by molar-refractivity contribution is 5.47. The van der Waals surface area contributed by atoms with Crippen LogP contribution in [0.15, 0.2) is 36.5 Å². The maximum atomic E-state index is 6.22. The lowest BCUT2D eigenvalue weighted by molar-refractivity contribution is 0.411. The molecule has 18 heavy (non-hydrogen) atoms. The van der Waals surface area contributed by atoms with Crippen LogP contribution in [0.5, 0.6) is 5.75 Å². The second-order valence-electron chi connectivity index (χ2n) is 4.18. The van der Waals surface area contributed by atoms with Crippen molar-refractivity contribution in [3.05, 3.63) is 53.2 Å². The molecule has 0 saturated carbocycles. The van der Waals surface area contributed by atoms with E-state index in [-0.39, 0.29) is 6.04 Å². The number of nitrogens with zero attached hydrogens (tertiary/aromatic N) is 1. The second kappa shape index (κ2) is 5.06. The molecule has 0 aliphatic carbocycles. The molecule has 4 nitrogen and oxygen atoms in total. The molecule has 0 saturated heterocycles. The Kier molecular flexibility index (Phi) is 3.48. The van der Waals surface area contributed by atoms with E-state index in [1.165, 1.54) is 0 Å². The van der Waals surface area contributed by atoms with Crippen LogP contribution in [0.2, 0.25) is 0 Å². The normalized spacial score (nSPS) is 12.2. The van der Waals surface area contributed by atoms with E-state index in [4.69, 9.17) is 16.2 Å². The number of aromatic nitrogens is 1. The third-order valence-corrected chi connectivity index (χ3v) is 2.98. The Morgan fingerprint density at radius 3 is 2.67 bits per heavy atom. The topological polar surface area (TPSA) is 74.2 Å². The third kappa shape index (κ3) is 2.28. The fourth-order valence-electron chi connectivity index (χ4n) is 1.97. The summed E-state index contributed by atoms with van der Waals surface area (Å²) in [7, 11) is 1.65. The van der Waals surface area contributed by atoms with Crippen LogP contribution in [0, 0.1) is 6.92 Å². The average molecular weight is 243 g/mol. The summed E-state index contributed by atoms with van der Waals surface area (Å²) in [6.07, 6.45) is 1.66. The molecule has 0 aliphatic rings. The largest absolute Gasteiger partial charge is 0.496 e. The van der Waals surface area contributed by atoms with Crippen molar-refractivity contribution in [3.63, 3.8) is 0 Å². The summed E-state index contributed by atoms with van der Waals surface area (Å²) in [5.74, 6) is 1.32. The molecule has 4 heteroatoms. The van der Waals surface area contributed by atoms with Crippen LogP contribution in [-0.4, -0.2) is 12.1 Å². The van der Waals surface area contributed by atoms with Crippen LogP contribution >= 0.6 is 0 Å². The van der Waals surface area contributed by atoms with E-state index in [2.05, 4.69) is 4.98 Å². The van der Waals surface area contributed by atoms with Gasteiger partial charge in [-0.2, -0.15) is 0 Å². The first-order valence-corrected chi connectivity index (χ1v) is 5.74. The molecule has 0 radical (unpaired) electrons. The highest BCUT2D eigenvalue weighted by Crippen LogP contribution is 2.27. The Labute approximate surface area is 107 Å². The number of hydrogen-bond acceptors (Lipinski definition) is 4. The molecule has 1 atom stereocenters. The quantitative estimate of drug-likeness (QED) is 0.865. The van der Waals surface area contributed by atoms with E-state index in [1.54, 1.807) is 13.3 Å². The van der Waals surface area contributed by atoms with Crippen molar-refractivity contribution >= 4 is 5.82 Å². The van der Waals surface area contributed by atoms with Crippen molar-refractivity contribution in [1.29, 1.82) is 0 Å². The summed E-state index contributed by atoms with van der Waals surface area (Å²) >= 11 is 0. The maximum Gasteiger partial charge on any atom is 0.128 e. The van der Waals surface area contributed by atoms with Gasteiger partial charge in [0.2, 0.25) is 0 Å². The fraction of sp³-hybridized carbons (Fsp3) is 0.214. The fourth-order valence-corrected chi connectivity index (χ4v) is 1.97. The summed E-state index contributed by atoms with van der Waals surface area (Å²) in [5.41, 5.74) is 14.9. The van der Waals surface area contributed by atoms with Gasteiger partial charge in [-0.3, -0.25) is 0 Å². The van der Waals surface area contributed by atoms with Crippen LogP contribution in [-0.2, 0) is 0 Å². The molecule has 94 valence electrons. The molecule has 0 aliphatic heterocycles. The van der Waals surface area contributed by atoms with E-state index in [0.29, 0.717) is 5.82 Å². The van der Waals surface area contributed by atoms with Gasteiger partial charge in [0.25, 0.3) is 0 Å². The smallest absolute Gasteiger partial charge is 0.128 e. The average Bonchev–Trinajstić information content (AvgIpc) is 2.38. The number of methoxy groups -OCH3 is 1. The number of ether oxygens (including phenoxy) is 1. The van der Waals surface area contributed by atoms with Crippen molar-refractivity contribution in [3.8, 4) is 5.75 Å². The van der Waals surface area contributed by atoms with Crippen molar-refractivity contribution in [2.75, 3.05) is 12.8 Å². The number of anilines is 1. The number of nitrogen functional groups attached to an aromatic ring is 1. The molecule has 0 spiro atoms. The molecular weight excluding hydrogens is 226 g/mol. The van der Waals surface area contributed by atoms with Crippen molar-refractivity contribution in [1.82, 2.24) is 4.98 Å². The standard InChI is InChI=1S/C14H17N3O/c1-9-8-10(5-6-12(9)18-2)13(15)11-4-3-7-17-14(11)16/h3-8,13H,15H2,1-2H3,(H2,16,17). The zero-order valence-electron chi connectivity index (χ0n) is 10.6. The van der Waals surface area contributed by atoms with Gasteiger partial charge < -0.3 is 16.2 Å². The van der Waals surface area contributed by atoms with Crippen LogP contribution in [0.1, 0.15) is 22.7 Å². The van der Waals surface area contributed by atoms with Gasteiger partial charge in [0.05, 0.1) is 13.2 Å². The number of benzene rings is 1. The maximum absolute atomic E-state index is 6.22. The monoisotopic (exact) mass is 243 g/mol. The lowest BCUT2D eigenvalue weighted by Gasteiger charge is -2.15. The van der Waals surface area contributed by atoms with Gasteiger partial charge in [0, 0.05) is 11.8 Å². The minimum atomic E-state index is -0.275. The summed E-state index contributed by atoms with van der Waals surface area (Å²) in [6.45, 7) is 1.99. The Bertz CT molecular complexity index is 554. The van der Waals surface area contributed by atoms with Crippen molar-refractivity contribution in [2.24, 2.45) is 5.73 Å². The minimum Gasteiger partial charge on any atom is -0.496 e. The first-order valence-electron chi connectivity index (χ1n) is 5.74. The lowest BCUT2D eigenvalue weighted by atomic mass is 9.98. The molecule has 0 fully saturated rings. The van der Waals surface area contributed by atoms with Gasteiger partial charge in [0.15, 0.2) is 0 Å². The van der Waals surface area contributed by atoms with Gasteiger partial charge in [-0.15, -0.1) is 0 Å². The van der Waals surface area contributed by atoms with Gasteiger partial charge in [0.1, 0.15) is 11.6 Å². The first-order chi connectivity index (χ1) is 8.63. The molecule has 4 N–H and O–H groups in total. The lowest BCUT2D eigenvalue weighted by Crippen LogP contribution is -2.14. The second-order valence-corrected chi connectivity index (χ2v) is 4.18. The Hall–Kier alpha value is -2.07. The zero-order chi connectivity index (χ0) is 13.1. The molecule has 2 aromatic rings. The Balaban J connectivity index is 2.37. The minimum absolute atomic E-state index is 0.275. The number of aryl methyl sites for hydroxylation is 1. The Morgan fingerprint density at radius 2 is 2.06 bits per heavy atom. The summed E-state index contributed by atoms with van der Waals surface area (Å²) in [5, 5.41) is 0. The molecule has 1 heterocycles. The van der Waals surface area contributed by atoms with Crippen LogP contribution < -0.4 is 16.2 Å². The van der Waals surface area contributed by atoms with E-state index >= 15 is 0 Å². The van der Waals surface area contributed by atoms with E-state index in [9.17, 15) is 0 Å². The molecule has 0 amide bonds. The van der Waals surface area contributed by atoms with Crippen LogP contribution in [0.3, 0.4) is 0 Å². The van der Waals surface area contributed by atoms with E-state index in [1.807, 2.05) is 37.3 Å². The number of hydrogen-bond donors (Lipinski definition) is 2. The van der Waals surface area contributed by atoms with Crippen molar-refractivity contribution in [2.45, 2.75) is 13.0 Å². The molecule has 1 aromatic carbocycles. The van der Waals surface area contributed by atoms with Crippen LogP contribution in [0.4, 0.5) is 5.82 Å². The zero-order valence-corrected chi connectivity index (χ0v) is 10.6. The highest BCUT2D eigenvalue weighted by atomic mass is 16.5. The summed E-state index contributed by atoms with van der Waals surface area (Å²) < 4.78 is 5.23. The van der Waals surface area contributed by atoms with Gasteiger partial charge in [-0.1, -0.05) is 18.2 Å². The predicted octanol–water partition coefficient (Wildman–Crippen LogP) is 2.03. The first kappa shape index (κ1) is 12.4. The summed E-state index contributed by atoms with van der Waals surface area (Å²) in [6, 6.07) is 9.33. The van der Waals surface area contributed by atoms with E-state index in [0.717, 1.165) is 22.4 Å². The highest BCUT2D eigenvalue weighted by Gasteiger charge is 2.13. The molecule has 0 bridgehead atoms. The number of rotatable bonds is 3. The van der Waals surface area contributed by atoms with Crippen LogP contribution in [0.25, 0.3) is 0 Å². The van der Waals surface area contributed by atoms with Gasteiger partial charge >= 0.3 is 0 Å². The molecular formula is C14H17N3O. The predicted molar refractivity (Wildman–Crippen MR) is 72.4 cm³/mol. The number of nitrogens with two attached hydrogens (primary N) is 2. The SMILES string of the molecule is COc1ccc(C(N)c2cccnc2N)cc1C. The van der Waals surface area contributed by atoms with Gasteiger partial charge in [-0.25, -0.2) is 4.98 Å². The third-order valence-electron chi connectivity index (χ3n) is 2.98. The Morgan fingerprint density at radius 1 is 1.28 bits per heavy atom. The molecule has 2 rings (SSSR count). The van der Waals surface area contributed by atoms with E-state index < -0.39 is 0 Å².